The molecule has 0 aliphatic carbocycles. The third-order valence-corrected chi connectivity index (χ3v) is 3.74. The molecule has 0 saturated heterocycles. The van der Waals surface area contributed by atoms with Crippen molar-refractivity contribution in [3.05, 3.63) is 70.8 Å². The van der Waals surface area contributed by atoms with Crippen LogP contribution in [0.1, 0.15) is 59.0 Å². The van der Waals surface area contributed by atoms with Crippen LogP contribution < -0.4 is 0 Å². The summed E-state index contributed by atoms with van der Waals surface area (Å²) in [5.74, 6) is 0.336. The van der Waals surface area contributed by atoms with Gasteiger partial charge in [-0.25, -0.2) is 0 Å². The Kier molecular flexibility index (Phi) is 5.64. The van der Waals surface area contributed by atoms with E-state index in [0.29, 0.717) is 6.42 Å². The van der Waals surface area contributed by atoms with Crippen molar-refractivity contribution in [3.8, 4) is 0 Å². The van der Waals surface area contributed by atoms with Crippen molar-refractivity contribution in [3.63, 3.8) is 0 Å². The number of hydrogen-bond donors (Lipinski definition) is 0. The molecule has 0 bridgehead atoms. The van der Waals surface area contributed by atoms with Crippen LogP contribution in [-0.2, 0) is 0 Å². The molecule has 0 fully saturated rings. The summed E-state index contributed by atoms with van der Waals surface area (Å²) in [4.78, 5) is 23.5. The summed E-state index contributed by atoms with van der Waals surface area (Å²) in [7, 11) is 0. The van der Waals surface area contributed by atoms with Crippen LogP contribution in [0.5, 0.6) is 0 Å². The number of carbonyl (C=O) groups is 2. The molecule has 23 heavy (non-hydrogen) atoms. The van der Waals surface area contributed by atoms with E-state index in [1.807, 2.05) is 81.5 Å². The monoisotopic (exact) mass is 306 g/mol. The first-order chi connectivity index (χ1) is 11.0. The lowest BCUT2D eigenvalue weighted by Gasteiger charge is -2.04. The van der Waals surface area contributed by atoms with Gasteiger partial charge in [-0.2, -0.15) is 0 Å². The Morgan fingerprint density at radius 1 is 0.826 bits per heavy atom. The van der Waals surface area contributed by atoms with Gasteiger partial charge in [0, 0.05) is 23.5 Å². The fourth-order valence-corrected chi connectivity index (χ4v) is 2.27. The van der Waals surface area contributed by atoms with Crippen LogP contribution in [-0.4, -0.2) is 11.6 Å². The Morgan fingerprint density at radius 3 is 1.65 bits per heavy atom. The van der Waals surface area contributed by atoms with Gasteiger partial charge in [0.25, 0.3) is 0 Å². The van der Waals surface area contributed by atoms with Gasteiger partial charge in [0.2, 0.25) is 0 Å². The standard InChI is InChI=1S/C21H22O2/c1-4-20(22)18-11-7-16(8-12-18)5-6-17-9-13-19(14-10-17)21(23)15(2)3/h5-15H,4H2,1-3H3/b6-5+. The van der Waals surface area contributed by atoms with Crippen molar-refractivity contribution in [1.82, 2.24) is 0 Å². The third kappa shape index (κ3) is 4.49. The molecule has 0 heterocycles. The van der Waals surface area contributed by atoms with Crippen molar-refractivity contribution in [2.24, 2.45) is 5.92 Å². The first-order valence-corrected chi connectivity index (χ1v) is 7.97. The second-order valence-electron chi connectivity index (χ2n) is 5.87. The van der Waals surface area contributed by atoms with Gasteiger partial charge in [0.1, 0.15) is 0 Å². The van der Waals surface area contributed by atoms with E-state index in [-0.39, 0.29) is 17.5 Å². The summed E-state index contributed by atoms with van der Waals surface area (Å²) < 4.78 is 0. The van der Waals surface area contributed by atoms with Gasteiger partial charge in [-0.05, 0) is 11.1 Å². The zero-order chi connectivity index (χ0) is 16.8. The van der Waals surface area contributed by atoms with E-state index in [1.54, 1.807) is 0 Å². The van der Waals surface area contributed by atoms with E-state index in [1.165, 1.54) is 0 Å². The molecule has 0 N–H and O–H groups in total. The van der Waals surface area contributed by atoms with Crippen LogP contribution in [0, 0.1) is 5.92 Å². The van der Waals surface area contributed by atoms with Crippen LogP contribution in [0.15, 0.2) is 48.5 Å². The SMILES string of the molecule is CCC(=O)c1ccc(/C=C/c2ccc(C(=O)C(C)C)cc2)cc1. The molecule has 2 rings (SSSR count). The number of ketones is 2. The van der Waals surface area contributed by atoms with Crippen LogP contribution in [0.3, 0.4) is 0 Å². The topological polar surface area (TPSA) is 34.1 Å². The number of rotatable bonds is 6. The van der Waals surface area contributed by atoms with Crippen LogP contribution in [0.4, 0.5) is 0 Å². The molecular formula is C21H22O2. The first-order valence-electron chi connectivity index (χ1n) is 7.97. The van der Waals surface area contributed by atoms with Gasteiger partial charge in [-0.3, -0.25) is 9.59 Å². The van der Waals surface area contributed by atoms with Gasteiger partial charge in [-0.15, -0.1) is 0 Å². The molecule has 0 amide bonds. The summed E-state index contributed by atoms with van der Waals surface area (Å²) in [5.41, 5.74) is 3.58. The van der Waals surface area contributed by atoms with E-state index in [2.05, 4.69) is 0 Å². The summed E-state index contributed by atoms with van der Waals surface area (Å²) >= 11 is 0. The zero-order valence-electron chi connectivity index (χ0n) is 13.9. The predicted octanol–water partition coefficient (Wildman–Crippen LogP) is 5.29. The van der Waals surface area contributed by atoms with E-state index in [0.717, 1.165) is 22.3 Å². The Bertz CT molecular complexity index is 705. The normalized spacial score (nSPS) is 11.1. The second kappa shape index (κ2) is 7.68. The first kappa shape index (κ1) is 16.9. The highest BCUT2D eigenvalue weighted by Gasteiger charge is 2.09. The molecule has 0 atom stereocenters. The molecule has 0 aliphatic rings. The molecule has 118 valence electrons. The van der Waals surface area contributed by atoms with Gasteiger partial charge in [0.15, 0.2) is 11.6 Å². The van der Waals surface area contributed by atoms with Crippen molar-refractivity contribution in [2.45, 2.75) is 27.2 Å². The minimum atomic E-state index is 0.0146. The summed E-state index contributed by atoms with van der Waals surface area (Å²) in [5, 5.41) is 0. The smallest absolute Gasteiger partial charge is 0.165 e. The highest BCUT2D eigenvalue weighted by Crippen LogP contribution is 2.14. The quantitative estimate of drug-likeness (QED) is 0.537. The maximum Gasteiger partial charge on any atom is 0.165 e. The van der Waals surface area contributed by atoms with Gasteiger partial charge in [-0.1, -0.05) is 81.5 Å². The average molecular weight is 306 g/mol. The molecular weight excluding hydrogens is 284 g/mol. The highest BCUT2D eigenvalue weighted by atomic mass is 16.1. The molecule has 2 aromatic rings. The summed E-state index contributed by atoms with van der Waals surface area (Å²) in [6.45, 7) is 5.68. The number of hydrogen-bond acceptors (Lipinski definition) is 2. The lowest BCUT2D eigenvalue weighted by atomic mass is 10.00. The Labute approximate surface area is 137 Å². The Morgan fingerprint density at radius 2 is 1.26 bits per heavy atom. The molecule has 0 aromatic heterocycles. The molecule has 0 aliphatic heterocycles. The maximum atomic E-state index is 11.9. The summed E-state index contributed by atoms with van der Waals surface area (Å²) in [6, 6.07) is 15.2. The molecule has 2 nitrogen and oxygen atoms in total. The van der Waals surface area contributed by atoms with Crippen LogP contribution in [0.2, 0.25) is 0 Å². The fourth-order valence-electron chi connectivity index (χ4n) is 2.27. The van der Waals surface area contributed by atoms with E-state index in [9.17, 15) is 9.59 Å². The molecule has 0 spiro atoms. The van der Waals surface area contributed by atoms with Crippen molar-refractivity contribution in [1.29, 1.82) is 0 Å². The van der Waals surface area contributed by atoms with Crippen LogP contribution >= 0.6 is 0 Å². The van der Waals surface area contributed by atoms with E-state index in [4.69, 9.17) is 0 Å². The number of carbonyl (C=O) groups excluding carboxylic acids is 2. The second-order valence-corrected chi connectivity index (χ2v) is 5.87. The van der Waals surface area contributed by atoms with Crippen molar-refractivity contribution >= 4 is 23.7 Å². The average Bonchev–Trinajstić information content (AvgIpc) is 2.59. The lowest BCUT2D eigenvalue weighted by Crippen LogP contribution is -2.06. The van der Waals surface area contributed by atoms with Crippen LogP contribution in [0.25, 0.3) is 12.2 Å². The van der Waals surface area contributed by atoms with Gasteiger partial charge >= 0.3 is 0 Å². The van der Waals surface area contributed by atoms with E-state index < -0.39 is 0 Å². The molecule has 0 radical (unpaired) electrons. The van der Waals surface area contributed by atoms with Crippen molar-refractivity contribution < 1.29 is 9.59 Å². The van der Waals surface area contributed by atoms with Crippen molar-refractivity contribution in [2.75, 3.05) is 0 Å². The zero-order valence-corrected chi connectivity index (χ0v) is 13.9. The number of benzene rings is 2. The Hall–Kier alpha value is -2.48. The highest BCUT2D eigenvalue weighted by molar-refractivity contribution is 5.97. The predicted molar refractivity (Wildman–Crippen MR) is 95.6 cm³/mol. The largest absolute Gasteiger partial charge is 0.294 e. The number of Topliss-reactive ketones (excluding diaryl/α,β-unsaturated/α-hetero) is 2. The van der Waals surface area contributed by atoms with E-state index >= 15 is 0 Å². The lowest BCUT2D eigenvalue weighted by molar-refractivity contribution is 0.0938. The molecule has 0 unspecified atom stereocenters. The summed E-state index contributed by atoms with van der Waals surface area (Å²) in [6.07, 6.45) is 4.52. The van der Waals surface area contributed by atoms with Gasteiger partial charge in [0.05, 0.1) is 0 Å². The maximum absolute atomic E-state index is 11.9. The minimum absolute atomic E-state index is 0.0146. The fraction of sp³-hybridized carbons (Fsp3) is 0.238. The van der Waals surface area contributed by atoms with Gasteiger partial charge < -0.3 is 0 Å². The Balaban J connectivity index is 2.08. The molecule has 2 aromatic carbocycles. The molecule has 2 heteroatoms. The minimum Gasteiger partial charge on any atom is -0.294 e. The molecule has 0 saturated carbocycles. The third-order valence-electron chi connectivity index (χ3n) is 3.74.